The van der Waals surface area contributed by atoms with Crippen molar-refractivity contribution in [2.75, 3.05) is 18.9 Å². The molecule has 0 aromatic heterocycles. The summed E-state index contributed by atoms with van der Waals surface area (Å²) < 4.78 is 12.8. The van der Waals surface area contributed by atoms with Gasteiger partial charge in [-0.25, -0.2) is 4.39 Å². The lowest BCUT2D eigenvalue weighted by Gasteiger charge is -2.25. The van der Waals surface area contributed by atoms with E-state index in [1.807, 2.05) is 0 Å². The number of carboxylic acids is 1. The standard InChI is InChI=1S/C14H19FN2O3/c1-9(14(19)20)8-17(3)10(2)13(18)16-12-6-4-11(15)5-7-12/h4-7,9-10H,8H2,1-3H3,(H,16,18)(H,19,20). The third kappa shape index (κ3) is 4.62. The molecule has 110 valence electrons. The number of hydrogen-bond acceptors (Lipinski definition) is 3. The Labute approximate surface area is 117 Å². The number of anilines is 1. The summed E-state index contributed by atoms with van der Waals surface area (Å²) in [4.78, 5) is 24.4. The smallest absolute Gasteiger partial charge is 0.307 e. The van der Waals surface area contributed by atoms with Crippen molar-refractivity contribution in [3.63, 3.8) is 0 Å². The van der Waals surface area contributed by atoms with Crippen LogP contribution in [-0.2, 0) is 9.59 Å². The molecule has 0 aliphatic carbocycles. The van der Waals surface area contributed by atoms with E-state index in [0.717, 1.165) is 0 Å². The summed E-state index contributed by atoms with van der Waals surface area (Å²) in [6.45, 7) is 3.55. The maximum Gasteiger partial charge on any atom is 0.307 e. The summed E-state index contributed by atoms with van der Waals surface area (Å²) in [6.07, 6.45) is 0. The first-order chi connectivity index (χ1) is 9.31. The fourth-order valence-electron chi connectivity index (χ4n) is 1.65. The fraction of sp³-hybridized carbons (Fsp3) is 0.429. The van der Waals surface area contributed by atoms with Gasteiger partial charge >= 0.3 is 5.97 Å². The van der Waals surface area contributed by atoms with Crippen molar-refractivity contribution in [3.05, 3.63) is 30.1 Å². The number of carbonyl (C=O) groups is 2. The first-order valence-corrected chi connectivity index (χ1v) is 6.30. The highest BCUT2D eigenvalue weighted by Crippen LogP contribution is 2.10. The number of likely N-dealkylation sites (N-methyl/N-ethyl adjacent to an activating group) is 1. The number of benzene rings is 1. The fourth-order valence-corrected chi connectivity index (χ4v) is 1.65. The number of aliphatic carboxylic acids is 1. The molecule has 2 N–H and O–H groups in total. The van der Waals surface area contributed by atoms with Gasteiger partial charge in [-0.05, 0) is 38.2 Å². The van der Waals surface area contributed by atoms with Crippen LogP contribution in [0.1, 0.15) is 13.8 Å². The topological polar surface area (TPSA) is 69.6 Å². The Kier molecular flexibility index (Phi) is 5.64. The van der Waals surface area contributed by atoms with Gasteiger partial charge in [-0.3, -0.25) is 14.5 Å². The number of hydrogen-bond donors (Lipinski definition) is 2. The molecule has 0 bridgehead atoms. The van der Waals surface area contributed by atoms with Crippen LogP contribution in [0, 0.1) is 11.7 Å². The SMILES string of the molecule is CC(CN(C)C(C)C(=O)Nc1ccc(F)cc1)C(=O)O. The Bertz CT molecular complexity index is 476. The molecule has 2 unspecified atom stereocenters. The molecule has 6 heteroatoms. The summed E-state index contributed by atoms with van der Waals surface area (Å²) in [7, 11) is 1.69. The molecule has 0 saturated heterocycles. The molecular formula is C14H19FN2O3. The van der Waals surface area contributed by atoms with Crippen LogP contribution in [0.5, 0.6) is 0 Å². The van der Waals surface area contributed by atoms with E-state index in [4.69, 9.17) is 5.11 Å². The largest absolute Gasteiger partial charge is 0.481 e. The number of amides is 1. The first-order valence-electron chi connectivity index (χ1n) is 6.30. The van der Waals surface area contributed by atoms with Gasteiger partial charge in [0.25, 0.3) is 0 Å². The molecule has 0 aliphatic rings. The van der Waals surface area contributed by atoms with Crippen LogP contribution in [0.3, 0.4) is 0 Å². The number of nitrogens with zero attached hydrogens (tertiary/aromatic N) is 1. The predicted octanol–water partition coefficient (Wildman–Crippen LogP) is 1.81. The second kappa shape index (κ2) is 7.00. The number of rotatable bonds is 6. The van der Waals surface area contributed by atoms with Crippen LogP contribution in [0.2, 0.25) is 0 Å². The molecule has 20 heavy (non-hydrogen) atoms. The molecular weight excluding hydrogens is 263 g/mol. The zero-order valence-electron chi connectivity index (χ0n) is 11.8. The van der Waals surface area contributed by atoms with Gasteiger partial charge in [0.05, 0.1) is 12.0 Å². The Hall–Kier alpha value is -1.95. The zero-order valence-corrected chi connectivity index (χ0v) is 11.8. The van der Waals surface area contributed by atoms with Gasteiger partial charge in [-0.2, -0.15) is 0 Å². The van der Waals surface area contributed by atoms with Crippen LogP contribution in [0.15, 0.2) is 24.3 Å². The predicted molar refractivity (Wildman–Crippen MR) is 73.9 cm³/mol. The molecule has 0 spiro atoms. The molecule has 5 nitrogen and oxygen atoms in total. The van der Waals surface area contributed by atoms with E-state index < -0.39 is 17.9 Å². The second-order valence-corrected chi connectivity index (χ2v) is 4.85. The van der Waals surface area contributed by atoms with Gasteiger partial charge in [-0.15, -0.1) is 0 Å². The molecule has 0 heterocycles. The monoisotopic (exact) mass is 282 g/mol. The lowest BCUT2D eigenvalue weighted by Crippen LogP contribution is -2.42. The highest BCUT2D eigenvalue weighted by Gasteiger charge is 2.22. The maximum absolute atomic E-state index is 12.8. The van der Waals surface area contributed by atoms with Gasteiger partial charge in [-0.1, -0.05) is 6.92 Å². The third-order valence-corrected chi connectivity index (χ3v) is 3.14. The van der Waals surface area contributed by atoms with Crippen molar-refractivity contribution in [1.82, 2.24) is 4.90 Å². The van der Waals surface area contributed by atoms with Crippen LogP contribution < -0.4 is 5.32 Å². The zero-order chi connectivity index (χ0) is 15.3. The number of carbonyl (C=O) groups excluding carboxylic acids is 1. The molecule has 1 aromatic rings. The normalized spacial score (nSPS) is 13.8. The van der Waals surface area contributed by atoms with Crippen LogP contribution >= 0.6 is 0 Å². The van der Waals surface area contributed by atoms with Crippen LogP contribution in [0.4, 0.5) is 10.1 Å². The summed E-state index contributed by atoms with van der Waals surface area (Å²) in [5.41, 5.74) is 0.503. The van der Waals surface area contributed by atoms with Crippen molar-refractivity contribution in [2.24, 2.45) is 5.92 Å². The van der Waals surface area contributed by atoms with E-state index >= 15 is 0 Å². The van der Waals surface area contributed by atoms with E-state index in [0.29, 0.717) is 5.69 Å². The lowest BCUT2D eigenvalue weighted by molar-refractivity contribution is -0.142. The Morgan fingerprint density at radius 1 is 1.30 bits per heavy atom. The highest BCUT2D eigenvalue weighted by molar-refractivity contribution is 5.94. The Balaban J connectivity index is 2.57. The Morgan fingerprint density at radius 2 is 1.85 bits per heavy atom. The Morgan fingerprint density at radius 3 is 2.35 bits per heavy atom. The summed E-state index contributed by atoms with van der Waals surface area (Å²) >= 11 is 0. The van der Waals surface area contributed by atoms with E-state index in [2.05, 4.69) is 5.32 Å². The van der Waals surface area contributed by atoms with Crippen molar-refractivity contribution in [1.29, 1.82) is 0 Å². The van der Waals surface area contributed by atoms with E-state index in [1.165, 1.54) is 24.3 Å². The lowest BCUT2D eigenvalue weighted by atomic mass is 10.1. The molecule has 0 aliphatic heterocycles. The average Bonchev–Trinajstić information content (AvgIpc) is 2.40. The number of carboxylic acid groups (broad SMARTS) is 1. The number of nitrogens with one attached hydrogen (secondary N) is 1. The number of halogens is 1. The molecule has 1 amide bonds. The van der Waals surface area contributed by atoms with Gasteiger partial charge in [0.2, 0.25) is 5.91 Å². The highest BCUT2D eigenvalue weighted by atomic mass is 19.1. The molecule has 1 aromatic carbocycles. The summed E-state index contributed by atoms with van der Waals surface area (Å²) in [5, 5.41) is 11.5. The van der Waals surface area contributed by atoms with Crippen molar-refractivity contribution in [2.45, 2.75) is 19.9 Å². The summed E-state index contributed by atoms with van der Waals surface area (Å²) in [6, 6.07) is 4.98. The molecule has 1 rings (SSSR count). The van der Waals surface area contributed by atoms with Crippen molar-refractivity contribution >= 4 is 17.6 Å². The quantitative estimate of drug-likeness (QED) is 0.835. The van der Waals surface area contributed by atoms with Crippen LogP contribution in [0.25, 0.3) is 0 Å². The van der Waals surface area contributed by atoms with Crippen LogP contribution in [-0.4, -0.2) is 41.5 Å². The van der Waals surface area contributed by atoms with E-state index in [1.54, 1.807) is 25.8 Å². The average molecular weight is 282 g/mol. The minimum Gasteiger partial charge on any atom is -0.481 e. The van der Waals surface area contributed by atoms with Gasteiger partial charge in [0.1, 0.15) is 5.82 Å². The van der Waals surface area contributed by atoms with Gasteiger partial charge < -0.3 is 10.4 Å². The molecule has 2 atom stereocenters. The third-order valence-electron chi connectivity index (χ3n) is 3.14. The minimum atomic E-state index is -0.900. The summed E-state index contributed by atoms with van der Waals surface area (Å²) in [5.74, 6) is -2.09. The minimum absolute atomic E-state index is 0.267. The van der Waals surface area contributed by atoms with E-state index in [-0.39, 0.29) is 18.3 Å². The van der Waals surface area contributed by atoms with Crippen molar-refractivity contribution < 1.29 is 19.1 Å². The molecule has 0 saturated carbocycles. The first kappa shape index (κ1) is 16.1. The van der Waals surface area contributed by atoms with Crippen molar-refractivity contribution in [3.8, 4) is 0 Å². The van der Waals surface area contributed by atoms with Gasteiger partial charge in [0, 0.05) is 12.2 Å². The molecule has 0 radical (unpaired) electrons. The second-order valence-electron chi connectivity index (χ2n) is 4.85. The van der Waals surface area contributed by atoms with Gasteiger partial charge in [0.15, 0.2) is 0 Å². The molecule has 0 fully saturated rings. The maximum atomic E-state index is 12.8. The van der Waals surface area contributed by atoms with E-state index in [9.17, 15) is 14.0 Å².